The fraction of sp³-hybridized carbons (Fsp3) is 0.500. The van der Waals surface area contributed by atoms with Gasteiger partial charge in [-0.05, 0) is 30.9 Å². The summed E-state index contributed by atoms with van der Waals surface area (Å²) in [7, 11) is 0. The highest BCUT2D eigenvalue weighted by Gasteiger charge is 2.23. The molecule has 2 rings (SSSR count). The lowest BCUT2D eigenvalue weighted by Gasteiger charge is -2.26. The second-order valence-corrected chi connectivity index (χ2v) is 4.20. The maximum Gasteiger partial charge on any atom is 0.147 e. The summed E-state index contributed by atoms with van der Waals surface area (Å²) < 4.78 is 27.3. The first-order valence-corrected chi connectivity index (χ1v) is 5.34. The van der Waals surface area contributed by atoms with E-state index in [-0.39, 0.29) is 11.6 Å². The summed E-state index contributed by atoms with van der Waals surface area (Å²) in [5, 5.41) is 2.98. The molecule has 0 fully saturated rings. The van der Waals surface area contributed by atoms with Crippen molar-refractivity contribution in [3.05, 3.63) is 28.8 Å². The molecule has 0 amide bonds. The predicted molar refractivity (Wildman–Crippen MR) is 57.1 cm³/mol. The largest absolute Gasteiger partial charge is 0.382 e. The average molecular weight is 211 g/mol. The summed E-state index contributed by atoms with van der Waals surface area (Å²) in [5.41, 5.74) is 1.28. The van der Waals surface area contributed by atoms with E-state index in [1.807, 2.05) is 0 Å². The average Bonchev–Trinajstić information content (AvgIpc) is 2.25. The van der Waals surface area contributed by atoms with Crippen LogP contribution in [0.1, 0.15) is 24.5 Å². The van der Waals surface area contributed by atoms with Crippen LogP contribution in [0.25, 0.3) is 0 Å². The van der Waals surface area contributed by atoms with Crippen molar-refractivity contribution in [2.75, 3.05) is 11.9 Å². The lowest BCUT2D eigenvalue weighted by molar-refractivity contribution is 0.487. The van der Waals surface area contributed by atoms with Gasteiger partial charge >= 0.3 is 0 Å². The van der Waals surface area contributed by atoms with Gasteiger partial charge in [0.1, 0.15) is 11.6 Å². The minimum atomic E-state index is -0.335. The van der Waals surface area contributed by atoms with Crippen molar-refractivity contribution in [1.82, 2.24) is 0 Å². The van der Waals surface area contributed by atoms with E-state index in [0.717, 1.165) is 13.0 Å². The first kappa shape index (κ1) is 10.4. The van der Waals surface area contributed by atoms with Crippen molar-refractivity contribution in [2.45, 2.75) is 26.7 Å². The molecule has 0 saturated carbocycles. The summed E-state index contributed by atoms with van der Waals surface area (Å²) in [6.45, 7) is 4.42. The van der Waals surface area contributed by atoms with Crippen LogP contribution in [0.3, 0.4) is 0 Å². The number of benzene rings is 1. The van der Waals surface area contributed by atoms with E-state index >= 15 is 0 Å². The number of hydrogen-bond donors (Lipinski definition) is 1. The Balaban J connectivity index is 2.48. The molecular formula is C12H15F2N. The summed E-state index contributed by atoms with van der Waals surface area (Å²) in [4.78, 5) is 0. The Hall–Kier alpha value is -1.12. The minimum Gasteiger partial charge on any atom is -0.382 e. The zero-order valence-corrected chi connectivity index (χ0v) is 9.03. The van der Waals surface area contributed by atoms with Gasteiger partial charge < -0.3 is 5.32 Å². The molecule has 0 aliphatic carbocycles. The number of anilines is 1. The monoisotopic (exact) mass is 211 g/mol. The summed E-state index contributed by atoms with van der Waals surface area (Å²) in [5.74, 6) is -0.177. The zero-order valence-electron chi connectivity index (χ0n) is 9.03. The highest BCUT2D eigenvalue weighted by atomic mass is 19.1. The van der Waals surface area contributed by atoms with Crippen LogP contribution in [0, 0.1) is 24.5 Å². The smallest absolute Gasteiger partial charge is 0.147 e. The molecule has 3 heteroatoms. The van der Waals surface area contributed by atoms with E-state index in [1.165, 1.54) is 6.07 Å². The van der Waals surface area contributed by atoms with E-state index in [9.17, 15) is 8.78 Å². The van der Waals surface area contributed by atoms with Gasteiger partial charge in [-0.2, -0.15) is 0 Å². The fourth-order valence-corrected chi connectivity index (χ4v) is 2.10. The third kappa shape index (κ3) is 1.71. The number of hydrogen-bond acceptors (Lipinski definition) is 1. The number of rotatable bonds is 1. The molecule has 0 radical (unpaired) electrons. The molecule has 1 unspecified atom stereocenters. The van der Waals surface area contributed by atoms with Crippen LogP contribution in [0.5, 0.6) is 0 Å². The van der Waals surface area contributed by atoms with Gasteiger partial charge in [0, 0.05) is 12.1 Å². The molecule has 1 N–H and O–H groups in total. The quantitative estimate of drug-likeness (QED) is 0.751. The molecule has 0 bridgehead atoms. The van der Waals surface area contributed by atoms with E-state index in [4.69, 9.17) is 0 Å². The molecular weight excluding hydrogens is 196 g/mol. The first-order chi connectivity index (χ1) is 7.13. The number of fused-ring (bicyclic) bond motifs is 1. The zero-order chi connectivity index (χ0) is 11.0. The lowest BCUT2D eigenvalue weighted by atomic mass is 9.90. The van der Waals surface area contributed by atoms with Gasteiger partial charge in [0.15, 0.2) is 0 Å². The molecule has 1 nitrogen and oxygen atoms in total. The molecule has 82 valence electrons. The topological polar surface area (TPSA) is 12.0 Å². The third-order valence-corrected chi connectivity index (χ3v) is 3.13. The van der Waals surface area contributed by atoms with Crippen LogP contribution in [0.2, 0.25) is 0 Å². The molecule has 1 aromatic rings. The molecule has 0 aromatic heterocycles. The van der Waals surface area contributed by atoms with Gasteiger partial charge in [0.2, 0.25) is 0 Å². The lowest BCUT2D eigenvalue weighted by Crippen LogP contribution is -2.24. The van der Waals surface area contributed by atoms with Crippen LogP contribution in [0.4, 0.5) is 14.5 Å². The van der Waals surface area contributed by atoms with Crippen LogP contribution < -0.4 is 5.32 Å². The molecule has 1 aromatic carbocycles. The van der Waals surface area contributed by atoms with E-state index < -0.39 is 0 Å². The van der Waals surface area contributed by atoms with Crippen molar-refractivity contribution in [3.63, 3.8) is 0 Å². The molecule has 1 aliphatic rings. The molecule has 0 spiro atoms. The minimum absolute atomic E-state index is 0.253. The van der Waals surface area contributed by atoms with E-state index in [1.54, 1.807) is 6.92 Å². The normalized spacial score (nSPS) is 19.6. The Morgan fingerprint density at radius 1 is 1.47 bits per heavy atom. The second kappa shape index (κ2) is 3.80. The Morgan fingerprint density at radius 2 is 2.20 bits per heavy atom. The van der Waals surface area contributed by atoms with Crippen molar-refractivity contribution in [1.29, 1.82) is 0 Å². The van der Waals surface area contributed by atoms with Crippen molar-refractivity contribution in [3.8, 4) is 0 Å². The molecule has 1 heterocycles. The third-order valence-electron chi connectivity index (χ3n) is 3.13. The van der Waals surface area contributed by atoms with Crippen LogP contribution in [-0.4, -0.2) is 6.54 Å². The molecule has 15 heavy (non-hydrogen) atoms. The highest BCUT2D eigenvalue weighted by Crippen LogP contribution is 2.32. The van der Waals surface area contributed by atoms with Gasteiger partial charge in [0.05, 0.1) is 5.69 Å². The Morgan fingerprint density at radius 3 is 2.87 bits per heavy atom. The molecule has 1 atom stereocenters. The summed E-state index contributed by atoms with van der Waals surface area (Å²) in [6, 6.07) is 1.26. The van der Waals surface area contributed by atoms with Crippen LogP contribution in [0.15, 0.2) is 6.07 Å². The maximum absolute atomic E-state index is 13.8. The Kier molecular flexibility index (Phi) is 2.63. The highest BCUT2D eigenvalue weighted by molar-refractivity contribution is 5.56. The van der Waals surface area contributed by atoms with Crippen molar-refractivity contribution < 1.29 is 8.78 Å². The van der Waals surface area contributed by atoms with Gasteiger partial charge in [-0.3, -0.25) is 0 Å². The summed E-state index contributed by atoms with van der Waals surface area (Å²) >= 11 is 0. The SMILES string of the molecule is CCC1CNc2c(F)cc(C)c(F)c2C1. The van der Waals surface area contributed by atoms with Crippen LogP contribution in [-0.2, 0) is 6.42 Å². The standard InChI is InChI=1S/C12H15F2N/c1-3-8-5-9-11(14)7(2)4-10(13)12(9)15-6-8/h4,8,15H,3,5-6H2,1-2H3. The Labute approximate surface area is 88.5 Å². The summed E-state index contributed by atoms with van der Waals surface area (Å²) in [6.07, 6.45) is 1.63. The maximum atomic E-state index is 13.8. The van der Waals surface area contributed by atoms with Gasteiger partial charge in [-0.15, -0.1) is 0 Å². The number of halogens is 2. The number of aryl methyl sites for hydroxylation is 1. The van der Waals surface area contributed by atoms with Crippen molar-refractivity contribution >= 4 is 5.69 Å². The second-order valence-electron chi connectivity index (χ2n) is 4.20. The number of nitrogens with one attached hydrogen (secondary N) is 1. The molecule has 1 aliphatic heterocycles. The molecule has 0 saturated heterocycles. The predicted octanol–water partition coefficient (Wildman–Crippen LogP) is 3.27. The van der Waals surface area contributed by atoms with Gasteiger partial charge in [-0.1, -0.05) is 13.3 Å². The van der Waals surface area contributed by atoms with E-state index in [2.05, 4.69) is 12.2 Å². The van der Waals surface area contributed by atoms with E-state index in [0.29, 0.717) is 29.2 Å². The van der Waals surface area contributed by atoms with Crippen molar-refractivity contribution in [2.24, 2.45) is 5.92 Å². The first-order valence-electron chi connectivity index (χ1n) is 5.34. The van der Waals surface area contributed by atoms with Gasteiger partial charge in [0.25, 0.3) is 0 Å². The van der Waals surface area contributed by atoms with Gasteiger partial charge in [-0.25, -0.2) is 8.78 Å². The fourth-order valence-electron chi connectivity index (χ4n) is 2.10. The Bertz CT molecular complexity index is 388. The van der Waals surface area contributed by atoms with Crippen LogP contribution >= 0.6 is 0 Å².